The third-order valence-electron chi connectivity index (χ3n) is 3.42. The van der Waals surface area contributed by atoms with Gasteiger partial charge in [-0.15, -0.1) is 0 Å². The van der Waals surface area contributed by atoms with E-state index in [1.54, 1.807) is 24.4 Å². The highest BCUT2D eigenvalue weighted by molar-refractivity contribution is 9.10. The van der Waals surface area contributed by atoms with Crippen LogP contribution in [-0.4, -0.2) is 40.7 Å². The fourth-order valence-electron chi connectivity index (χ4n) is 2.51. The van der Waals surface area contributed by atoms with Crippen LogP contribution in [0.15, 0.2) is 28.9 Å². The summed E-state index contributed by atoms with van der Waals surface area (Å²) in [5.41, 5.74) is 2.34. The van der Waals surface area contributed by atoms with Crippen molar-refractivity contribution in [1.82, 2.24) is 15.2 Å². The first-order valence-corrected chi connectivity index (χ1v) is 9.86. The van der Waals surface area contributed by atoms with Crippen molar-refractivity contribution in [2.75, 3.05) is 12.0 Å². The molecule has 9 heteroatoms. The maximum atomic E-state index is 11.5. The van der Waals surface area contributed by atoms with Crippen molar-refractivity contribution in [3.63, 3.8) is 0 Å². The summed E-state index contributed by atoms with van der Waals surface area (Å²) in [5.74, 6) is -0.383. The summed E-state index contributed by atoms with van der Waals surface area (Å²) in [4.78, 5) is 3.09. The molecule has 6 nitrogen and oxygen atoms in total. The first-order valence-electron chi connectivity index (χ1n) is 6.63. The van der Waals surface area contributed by atoms with Gasteiger partial charge < -0.3 is 10.1 Å². The van der Waals surface area contributed by atoms with Crippen LogP contribution < -0.4 is 0 Å². The fourth-order valence-corrected chi connectivity index (χ4v) is 3.75. The van der Waals surface area contributed by atoms with E-state index in [-0.39, 0.29) is 5.75 Å². The Kier molecular flexibility index (Phi) is 4.26. The third-order valence-corrected chi connectivity index (χ3v) is 5.54. The third kappa shape index (κ3) is 3.30. The second-order valence-corrected chi connectivity index (χ2v) is 8.74. The zero-order chi connectivity index (χ0) is 16.8. The summed E-state index contributed by atoms with van der Waals surface area (Å²) in [7, 11) is -3.34. The van der Waals surface area contributed by atoms with Gasteiger partial charge in [0.25, 0.3) is 0 Å². The van der Waals surface area contributed by atoms with Gasteiger partial charge >= 0.3 is 0 Å². The SMILES string of the molecule is CS(=O)(=O)CC(O)c1[nH]c2cc(Br)c(Cl)cc2c1-c1cc[nH]n1. The molecule has 0 aliphatic carbocycles. The van der Waals surface area contributed by atoms with Crippen molar-refractivity contribution in [3.05, 3.63) is 39.6 Å². The summed E-state index contributed by atoms with van der Waals surface area (Å²) in [6.45, 7) is 0. The molecular weight excluding hydrogens is 406 g/mol. The number of aromatic nitrogens is 3. The molecule has 0 amide bonds. The molecule has 3 aromatic rings. The number of fused-ring (bicyclic) bond motifs is 1. The molecule has 3 N–H and O–H groups in total. The summed E-state index contributed by atoms with van der Waals surface area (Å²) in [6.07, 6.45) is 1.55. The minimum Gasteiger partial charge on any atom is -0.386 e. The topological polar surface area (TPSA) is 98.8 Å². The molecule has 0 saturated carbocycles. The number of aliphatic hydroxyl groups is 1. The van der Waals surface area contributed by atoms with Crippen molar-refractivity contribution < 1.29 is 13.5 Å². The van der Waals surface area contributed by atoms with Gasteiger partial charge in [0.05, 0.1) is 22.2 Å². The number of nitrogens with zero attached hydrogens (tertiary/aromatic N) is 1. The Labute approximate surface area is 145 Å². The largest absolute Gasteiger partial charge is 0.386 e. The van der Waals surface area contributed by atoms with Crippen LogP contribution in [0.25, 0.3) is 22.2 Å². The zero-order valence-corrected chi connectivity index (χ0v) is 15.1. The number of aliphatic hydroxyl groups excluding tert-OH is 1. The molecule has 1 atom stereocenters. The summed E-state index contributed by atoms with van der Waals surface area (Å²) in [6, 6.07) is 5.28. The van der Waals surface area contributed by atoms with E-state index in [9.17, 15) is 13.5 Å². The van der Waals surface area contributed by atoms with Crippen LogP contribution in [0.5, 0.6) is 0 Å². The van der Waals surface area contributed by atoms with Crippen molar-refractivity contribution in [2.24, 2.45) is 0 Å². The number of aromatic amines is 2. The van der Waals surface area contributed by atoms with Crippen LogP contribution in [0.2, 0.25) is 5.02 Å². The molecule has 0 radical (unpaired) electrons. The number of sulfone groups is 1. The van der Waals surface area contributed by atoms with Gasteiger partial charge in [0.1, 0.15) is 15.9 Å². The van der Waals surface area contributed by atoms with Crippen LogP contribution >= 0.6 is 27.5 Å². The quantitative estimate of drug-likeness (QED) is 0.606. The van der Waals surface area contributed by atoms with E-state index in [0.717, 1.165) is 17.2 Å². The van der Waals surface area contributed by atoms with Gasteiger partial charge in [-0.2, -0.15) is 5.10 Å². The molecule has 2 heterocycles. The molecule has 0 spiro atoms. The van der Waals surface area contributed by atoms with Crippen molar-refractivity contribution in [1.29, 1.82) is 0 Å². The van der Waals surface area contributed by atoms with Gasteiger partial charge in [0.2, 0.25) is 0 Å². The lowest BCUT2D eigenvalue weighted by Gasteiger charge is -2.10. The van der Waals surface area contributed by atoms with E-state index >= 15 is 0 Å². The average Bonchev–Trinajstić information content (AvgIpc) is 3.04. The van der Waals surface area contributed by atoms with E-state index < -0.39 is 15.9 Å². The lowest BCUT2D eigenvalue weighted by Crippen LogP contribution is -2.13. The van der Waals surface area contributed by atoms with Gasteiger partial charge in [-0.3, -0.25) is 5.10 Å². The molecule has 3 rings (SSSR count). The fraction of sp³-hybridized carbons (Fsp3) is 0.214. The van der Waals surface area contributed by atoms with Crippen LogP contribution in [0.3, 0.4) is 0 Å². The molecule has 0 bridgehead atoms. The zero-order valence-electron chi connectivity index (χ0n) is 12.0. The molecule has 122 valence electrons. The number of nitrogens with one attached hydrogen (secondary N) is 2. The van der Waals surface area contributed by atoms with Crippen LogP contribution in [0.4, 0.5) is 0 Å². The average molecular weight is 419 g/mol. The van der Waals surface area contributed by atoms with Gasteiger partial charge in [-0.25, -0.2) is 8.42 Å². The van der Waals surface area contributed by atoms with Gasteiger partial charge in [-0.1, -0.05) is 11.6 Å². The normalized spacial score (nSPS) is 13.6. The number of hydrogen-bond donors (Lipinski definition) is 3. The Balaban J connectivity index is 2.26. The van der Waals surface area contributed by atoms with Crippen molar-refractivity contribution >= 4 is 48.3 Å². The molecule has 0 fully saturated rings. The Morgan fingerprint density at radius 1 is 1.43 bits per heavy atom. The molecule has 0 aliphatic heterocycles. The van der Waals surface area contributed by atoms with Gasteiger partial charge in [0, 0.05) is 33.4 Å². The Morgan fingerprint density at radius 2 is 2.17 bits per heavy atom. The van der Waals surface area contributed by atoms with Gasteiger partial charge in [0.15, 0.2) is 0 Å². The smallest absolute Gasteiger partial charge is 0.150 e. The lowest BCUT2D eigenvalue weighted by atomic mass is 10.1. The Bertz CT molecular complexity index is 967. The summed E-state index contributed by atoms with van der Waals surface area (Å²) >= 11 is 9.52. The van der Waals surface area contributed by atoms with Crippen molar-refractivity contribution in [2.45, 2.75) is 6.10 Å². The molecule has 1 unspecified atom stereocenters. The number of halogens is 2. The van der Waals surface area contributed by atoms with Crippen LogP contribution in [0.1, 0.15) is 11.8 Å². The van der Waals surface area contributed by atoms with E-state index in [1.807, 2.05) is 0 Å². The first kappa shape index (κ1) is 16.5. The predicted molar refractivity (Wildman–Crippen MR) is 93.3 cm³/mol. The summed E-state index contributed by atoms with van der Waals surface area (Å²) < 4.78 is 23.7. The van der Waals surface area contributed by atoms with Gasteiger partial charge in [-0.05, 0) is 34.1 Å². The van der Waals surface area contributed by atoms with E-state index in [1.165, 1.54) is 0 Å². The molecule has 2 aromatic heterocycles. The lowest BCUT2D eigenvalue weighted by molar-refractivity contribution is 0.198. The monoisotopic (exact) mass is 417 g/mol. The molecule has 0 saturated heterocycles. The number of hydrogen-bond acceptors (Lipinski definition) is 4. The number of benzene rings is 1. The minimum atomic E-state index is -3.34. The predicted octanol–water partition coefficient (Wildman–Crippen LogP) is 3.05. The second-order valence-electron chi connectivity index (χ2n) is 5.29. The van der Waals surface area contributed by atoms with Crippen LogP contribution in [0, 0.1) is 0 Å². The van der Waals surface area contributed by atoms with E-state index in [4.69, 9.17) is 11.6 Å². The summed E-state index contributed by atoms with van der Waals surface area (Å²) in [5, 5.41) is 18.5. The highest BCUT2D eigenvalue weighted by Crippen LogP contribution is 2.38. The number of H-pyrrole nitrogens is 2. The standard InChI is InChI=1S/C14H13BrClN3O3S/c1-23(21,22)6-12(20)14-13(10-2-3-17-19-10)7-4-9(16)8(15)5-11(7)18-14/h2-5,12,18,20H,6H2,1H3,(H,17,19). The first-order chi connectivity index (χ1) is 10.8. The molecule has 0 aliphatic rings. The molecule has 23 heavy (non-hydrogen) atoms. The van der Waals surface area contributed by atoms with Crippen LogP contribution in [-0.2, 0) is 9.84 Å². The van der Waals surface area contributed by atoms with E-state index in [2.05, 4.69) is 31.1 Å². The maximum absolute atomic E-state index is 11.5. The maximum Gasteiger partial charge on any atom is 0.150 e. The number of rotatable bonds is 4. The highest BCUT2D eigenvalue weighted by atomic mass is 79.9. The Hall–Kier alpha value is -1.35. The second kappa shape index (κ2) is 5.94. The van der Waals surface area contributed by atoms with E-state index in [0.29, 0.717) is 26.4 Å². The minimum absolute atomic E-state index is 0.383. The Morgan fingerprint density at radius 3 is 2.78 bits per heavy atom. The van der Waals surface area contributed by atoms with Crippen molar-refractivity contribution in [3.8, 4) is 11.3 Å². The molecule has 1 aromatic carbocycles. The molecular formula is C14H13BrClN3O3S. The highest BCUT2D eigenvalue weighted by Gasteiger charge is 2.24.